The van der Waals surface area contributed by atoms with Gasteiger partial charge in [-0.1, -0.05) is 6.07 Å². The highest BCUT2D eigenvalue weighted by atomic mass is 19.1. The molecule has 0 radical (unpaired) electrons. The minimum absolute atomic E-state index is 0.0520. The van der Waals surface area contributed by atoms with Crippen LogP contribution in [0.5, 0.6) is 0 Å². The van der Waals surface area contributed by atoms with E-state index in [0.717, 1.165) is 12.3 Å². The smallest absolute Gasteiger partial charge is 0.259 e. The van der Waals surface area contributed by atoms with Gasteiger partial charge in [0.05, 0.1) is 11.8 Å². The van der Waals surface area contributed by atoms with Crippen molar-refractivity contribution >= 4 is 17.4 Å². The van der Waals surface area contributed by atoms with Crippen molar-refractivity contribution in [2.24, 2.45) is 0 Å². The van der Waals surface area contributed by atoms with Crippen LogP contribution in [0.1, 0.15) is 15.9 Å². The van der Waals surface area contributed by atoms with Crippen LogP contribution in [-0.2, 0) is 0 Å². The second kappa shape index (κ2) is 5.64. The maximum atomic E-state index is 13.4. The molecular weight excluding hydrogens is 264 g/mol. The summed E-state index contributed by atoms with van der Waals surface area (Å²) in [5.41, 5.74) is 0.702. The molecule has 1 aromatic heterocycles. The Morgan fingerprint density at radius 3 is 2.75 bits per heavy atom. The highest BCUT2D eigenvalue weighted by molar-refractivity contribution is 6.07. The molecule has 2 N–H and O–H groups in total. The normalized spacial score (nSPS) is 10.2. The van der Waals surface area contributed by atoms with E-state index in [1.807, 2.05) is 0 Å². The molecular formula is C14H13F2N3O. The van der Waals surface area contributed by atoms with Gasteiger partial charge in [-0.3, -0.25) is 4.79 Å². The summed E-state index contributed by atoms with van der Waals surface area (Å²) in [5.74, 6) is -1.35. The molecule has 104 valence electrons. The molecule has 1 aromatic carbocycles. The molecule has 0 saturated heterocycles. The number of nitrogens with one attached hydrogen (secondary N) is 2. The summed E-state index contributed by atoms with van der Waals surface area (Å²) in [4.78, 5) is 15.9. The molecule has 0 aliphatic carbocycles. The largest absolute Gasteiger partial charge is 0.372 e. The van der Waals surface area contributed by atoms with Crippen LogP contribution in [0.3, 0.4) is 0 Å². The van der Waals surface area contributed by atoms with Crippen LogP contribution in [-0.4, -0.2) is 17.9 Å². The van der Waals surface area contributed by atoms with E-state index >= 15 is 0 Å². The number of amides is 1. The Hall–Kier alpha value is -2.50. The van der Waals surface area contributed by atoms with Crippen molar-refractivity contribution in [1.29, 1.82) is 0 Å². The Labute approximate surface area is 114 Å². The van der Waals surface area contributed by atoms with Crippen LogP contribution >= 0.6 is 0 Å². The summed E-state index contributed by atoms with van der Waals surface area (Å²) in [7, 11) is 1.57. The number of anilines is 2. The van der Waals surface area contributed by atoms with E-state index in [1.165, 1.54) is 12.1 Å². The molecule has 0 saturated carbocycles. The average Bonchev–Trinajstić information content (AvgIpc) is 2.43. The van der Waals surface area contributed by atoms with Crippen molar-refractivity contribution in [3.8, 4) is 0 Å². The van der Waals surface area contributed by atoms with Gasteiger partial charge in [0.15, 0.2) is 0 Å². The van der Waals surface area contributed by atoms with Gasteiger partial charge in [0, 0.05) is 18.3 Å². The van der Waals surface area contributed by atoms with E-state index in [1.54, 1.807) is 20.0 Å². The summed E-state index contributed by atoms with van der Waals surface area (Å²) < 4.78 is 26.6. The van der Waals surface area contributed by atoms with E-state index in [9.17, 15) is 13.6 Å². The molecule has 0 aliphatic heterocycles. The van der Waals surface area contributed by atoms with Gasteiger partial charge in [-0.05, 0) is 25.1 Å². The summed E-state index contributed by atoms with van der Waals surface area (Å²) >= 11 is 0. The summed E-state index contributed by atoms with van der Waals surface area (Å²) in [6.07, 6.45) is 1.01. The van der Waals surface area contributed by atoms with Crippen molar-refractivity contribution in [2.45, 2.75) is 6.92 Å². The predicted octanol–water partition coefficient (Wildman–Crippen LogP) is 2.96. The fourth-order valence-corrected chi connectivity index (χ4v) is 1.74. The molecule has 0 atom stereocenters. The Morgan fingerprint density at radius 1 is 1.30 bits per heavy atom. The van der Waals surface area contributed by atoms with Crippen molar-refractivity contribution in [3.63, 3.8) is 0 Å². The molecule has 2 rings (SSSR count). The molecule has 0 aliphatic rings. The molecule has 1 heterocycles. The van der Waals surface area contributed by atoms with Crippen molar-refractivity contribution in [3.05, 3.63) is 53.2 Å². The zero-order valence-electron chi connectivity index (χ0n) is 11.0. The molecule has 6 heteroatoms. The molecule has 0 spiro atoms. The van der Waals surface area contributed by atoms with Gasteiger partial charge in [-0.25, -0.2) is 13.8 Å². The molecule has 20 heavy (non-hydrogen) atoms. The summed E-state index contributed by atoms with van der Waals surface area (Å²) in [6, 6.07) is 5.43. The van der Waals surface area contributed by atoms with Gasteiger partial charge >= 0.3 is 0 Å². The Bertz CT molecular complexity index is 659. The van der Waals surface area contributed by atoms with Gasteiger partial charge in [0.2, 0.25) is 0 Å². The van der Waals surface area contributed by atoms with E-state index in [0.29, 0.717) is 11.3 Å². The number of aromatic nitrogens is 1. The molecule has 0 bridgehead atoms. The Morgan fingerprint density at radius 2 is 2.05 bits per heavy atom. The third kappa shape index (κ3) is 2.74. The first-order valence-corrected chi connectivity index (χ1v) is 5.92. The standard InChI is InChI=1S/C14H13F2N3O/c1-8-11(16)4-3-5-12(8)19-14(20)10-6-9(15)7-18-13(10)17-2/h3-7H,1-2H3,(H,17,18)(H,19,20). The molecule has 4 nitrogen and oxygen atoms in total. The van der Waals surface area contributed by atoms with Gasteiger partial charge in [-0.15, -0.1) is 0 Å². The Kier molecular flexibility index (Phi) is 3.93. The van der Waals surface area contributed by atoms with Gasteiger partial charge in [0.25, 0.3) is 5.91 Å². The number of halogens is 2. The van der Waals surface area contributed by atoms with Crippen molar-refractivity contribution < 1.29 is 13.6 Å². The summed E-state index contributed by atoms with van der Waals surface area (Å²) in [5, 5.41) is 5.25. The average molecular weight is 277 g/mol. The third-order valence-corrected chi connectivity index (χ3v) is 2.85. The van der Waals surface area contributed by atoms with Crippen LogP contribution in [0.15, 0.2) is 30.5 Å². The van der Waals surface area contributed by atoms with E-state index in [-0.39, 0.29) is 11.4 Å². The monoisotopic (exact) mass is 277 g/mol. The zero-order valence-corrected chi connectivity index (χ0v) is 11.0. The third-order valence-electron chi connectivity index (χ3n) is 2.85. The highest BCUT2D eigenvalue weighted by Gasteiger charge is 2.15. The number of pyridine rings is 1. The maximum absolute atomic E-state index is 13.4. The minimum atomic E-state index is -0.620. The number of benzene rings is 1. The van der Waals surface area contributed by atoms with Gasteiger partial charge in [-0.2, -0.15) is 0 Å². The zero-order chi connectivity index (χ0) is 14.7. The predicted molar refractivity (Wildman–Crippen MR) is 72.8 cm³/mol. The SMILES string of the molecule is CNc1ncc(F)cc1C(=O)Nc1cccc(F)c1C. The van der Waals surface area contributed by atoms with Crippen LogP contribution < -0.4 is 10.6 Å². The number of carbonyl (C=O) groups is 1. The lowest BCUT2D eigenvalue weighted by Crippen LogP contribution is -2.16. The van der Waals surface area contributed by atoms with E-state index in [4.69, 9.17) is 0 Å². The second-order valence-electron chi connectivity index (χ2n) is 4.17. The minimum Gasteiger partial charge on any atom is -0.372 e. The van der Waals surface area contributed by atoms with Crippen LogP contribution in [0, 0.1) is 18.6 Å². The van der Waals surface area contributed by atoms with Gasteiger partial charge in [0.1, 0.15) is 17.5 Å². The Balaban J connectivity index is 2.33. The molecule has 0 unspecified atom stereocenters. The van der Waals surface area contributed by atoms with Crippen molar-refractivity contribution in [1.82, 2.24) is 4.98 Å². The molecule has 0 fully saturated rings. The maximum Gasteiger partial charge on any atom is 0.259 e. The quantitative estimate of drug-likeness (QED) is 0.907. The number of hydrogen-bond acceptors (Lipinski definition) is 3. The highest BCUT2D eigenvalue weighted by Crippen LogP contribution is 2.20. The van der Waals surface area contributed by atoms with E-state index in [2.05, 4.69) is 15.6 Å². The topological polar surface area (TPSA) is 54.0 Å². The first kappa shape index (κ1) is 13.9. The number of rotatable bonds is 3. The second-order valence-corrected chi connectivity index (χ2v) is 4.17. The van der Waals surface area contributed by atoms with Crippen LogP contribution in [0.25, 0.3) is 0 Å². The van der Waals surface area contributed by atoms with Gasteiger partial charge < -0.3 is 10.6 Å². The molecule has 2 aromatic rings. The van der Waals surface area contributed by atoms with Crippen LogP contribution in [0.4, 0.5) is 20.3 Å². The lowest BCUT2D eigenvalue weighted by molar-refractivity contribution is 0.102. The lowest BCUT2D eigenvalue weighted by Gasteiger charge is -2.11. The summed E-state index contributed by atoms with van der Waals surface area (Å²) in [6.45, 7) is 1.55. The number of hydrogen-bond donors (Lipinski definition) is 2. The fraction of sp³-hybridized carbons (Fsp3) is 0.143. The van der Waals surface area contributed by atoms with Crippen LogP contribution in [0.2, 0.25) is 0 Å². The fourth-order valence-electron chi connectivity index (χ4n) is 1.74. The number of carbonyl (C=O) groups excluding carboxylic acids is 1. The molecule has 1 amide bonds. The lowest BCUT2D eigenvalue weighted by atomic mass is 10.1. The van der Waals surface area contributed by atoms with Crippen molar-refractivity contribution in [2.75, 3.05) is 17.7 Å². The van der Waals surface area contributed by atoms with E-state index < -0.39 is 17.5 Å². The first-order chi connectivity index (χ1) is 9.52. The number of nitrogens with zero attached hydrogens (tertiary/aromatic N) is 1. The first-order valence-electron chi connectivity index (χ1n) is 5.92.